The molecule has 0 spiro atoms. The van der Waals surface area contributed by atoms with E-state index in [1.807, 2.05) is 66.9 Å². The van der Waals surface area contributed by atoms with Crippen molar-refractivity contribution >= 4 is 5.91 Å². The van der Waals surface area contributed by atoms with Gasteiger partial charge in [0.1, 0.15) is 6.54 Å². The molecule has 1 amide bonds. The fourth-order valence-electron chi connectivity index (χ4n) is 2.78. The van der Waals surface area contributed by atoms with Gasteiger partial charge in [0.15, 0.2) is 0 Å². The van der Waals surface area contributed by atoms with E-state index < -0.39 is 0 Å². The highest BCUT2D eigenvalue weighted by molar-refractivity contribution is 5.75. The molecule has 0 atom stereocenters. The summed E-state index contributed by atoms with van der Waals surface area (Å²) < 4.78 is 1.81. The molecule has 2 aromatic heterocycles. The smallest absolute Gasteiger partial charge is 0.243 e. The standard InChI is InChI=1S/C20H19N7O/c28-19(15-27-24-20(23-25-27)17-5-2-1-3-6-17)21-13-11-16-7-9-18(10-8-16)26-14-4-12-22-26/h1-10,12,14H,11,13,15H2,(H,21,28). The first-order valence-corrected chi connectivity index (χ1v) is 8.97. The van der Waals surface area contributed by atoms with E-state index in [1.165, 1.54) is 4.80 Å². The van der Waals surface area contributed by atoms with E-state index in [-0.39, 0.29) is 12.5 Å². The first kappa shape index (κ1) is 17.6. The van der Waals surface area contributed by atoms with Crippen molar-refractivity contribution in [1.29, 1.82) is 0 Å². The number of carbonyl (C=O) groups excluding carboxylic acids is 1. The zero-order valence-corrected chi connectivity index (χ0v) is 15.1. The lowest BCUT2D eigenvalue weighted by Gasteiger charge is -2.06. The monoisotopic (exact) mass is 373 g/mol. The zero-order chi connectivity index (χ0) is 19.2. The van der Waals surface area contributed by atoms with Crippen LogP contribution in [0.4, 0.5) is 0 Å². The topological polar surface area (TPSA) is 90.5 Å². The molecule has 140 valence electrons. The first-order valence-electron chi connectivity index (χ1n) is 8.97. The van der Waals surface area contributed by atoms with Crippen molar-refractivity contribution < 1.29 is 4.79 Å². The second-order valence-electron chi connectivity index (χ2n) is 6.23. The predicted octanol–water partition coefficient (Wildman–Crippen LogP) is 1.88. The molecule has 0 aliphatic carbocycles. The van der Waals surface area contributed by atoms with Gasteiger partial charge in [0, 0.05) is 24.5 Å². The van der Waals surface area contributed by atoms with Crippen molar-refractivity contribution in [1.82, 2.24) is 35.3 Å². The Hall–Kier alpha value is -3.81. The maximum absolute atomic E-state index is 12.1. The van der Waals surface area contributed by atoms with Gasteiger partial charge in [-0.15, -0.1) is 10.2 Å². The Morgan fingerprint density at radius 3 is 2.57 bits per heavy atom. The molecule has 0 saturated carbocycles. The highest BCUT2D eigenvalue weighted by atomic mass is 16.2. The summed E-state index contributed by atoms with van der Waals surface area (Å²) in [4.78, 5) is 13.4. The van der Waals surface area contributed by atoms with Gasteiger partial charge in [0.05, 0.1) is 5.69 Å². The van der Waals surface area contributed by atoms with Crippen LogP contribution in [-0.4, -0.2) is 42.4 Å². The summed E-state index contributed by atoms with van der Waals surface area (Å²) in [6, 6.07) is 19.5. The third kappa shape index (κ3) is 4.29. The lowest BCUT2D eigenvalue weighted by atomic mass is 10.1. The van der Waals surface area contributed by atoms with Gasteiger partial charge in [-0.05, 0) is 35.4 Å². The highest BCUT2D eigenvalue weighted by Crippen LogP contribution is 2.11. The third-order valence-corrected chi connectivity index (χ3v) is 4.21. The number of aromatic nitrogens is 6. The van der Waals surface area contributed by atoms with Crippen LogP contribution in [0.2, 0.25) is 0 Å². The molecule has 4 aromatic rings. The number of hydrogen-bond donors (Lipinski definition) is 1. The van der Waals surface area contributed by atoms with Gasteiger partial charge in [0.2, 0.25) is 11.7 Å². The van der Waals surface area contributed by atoms with E-state index in [1.54, 1.807) is 10.9 Å². The van der Waals surface area contributed by atoms with Gasteiger partial charge in [-0.2, -0.15) is 9.90 Å². The van der Waals surface area contributed by atoms with E-state index in [0.29, 0.717) is 12.4 Å². The minimum Gasteiger partial charge on any atom is -0.354 e. The Balaban J connectivity index is 1.25. The SMILES string of the molecule is O=C(Cn1nnc(-c2ccccc2)n1)NCCc1ccc(-n2cccn2)cc1. The van der Waals surface area contributed by atoms with Gasteiger partial charge in [-0.25, -0.2) is 4.68 Å². The van der Waals surface area contributed by atoms with E-state index in [4.69, 9.17) is 0 Å². The average Bonchev–Trinajstić information content (AvgIpc) is 3.42. The minimum absolute atomic E-state index is 0.0398. The molecule has 0 fully saturated rings. The van der Waals surface area contributed by atoms with Crippen LogP contribution in [0.15, 0.2) is 73.1 Å². The number of carbonyl (C=O) groups is 1. The Labute approximate surface area is 161 Å². The van der Waals surface area contributed by atoms with Crippen molar-refractivity contribution in [2.45, 2.75) is 13.0 Å². The number of hydrogen-bond acceptors (Lipinski definition) is 5. The fraction of sp³-hybridized carbons (Fsp3) is 0.150. The van der Waals surface area contributed by atoms with Crippen molar-refractivity contribution in [2.75, 3.05) is 6.54 Å². The summed E-state index contributed by atoms with van der Waals surface area (Å²) in [5, 5.41) is 19.3. The zero-order valence-electron chi connectivity index (χ0n) is 15.1. The Morgan fingerprint density at radius 1 is 1.00 bits per heavy atom. The molecule has 1 N–H and O–H groups in total. The molecule has 8 heteroatoms. The highest BCUT2D eigenvalue weighted by Gasteiger charge is 2.08. The van der Waals surface area contributed by atoms with E-state index in [2.05, 4.69) is 25.8 Å². The van der Waals surface area contributed by atoms with Crippen molar-refractivity contribution in [3.05, 3.63) is 78.6 Å². The van der Waals surface area contributed by atoms with Gasteiger partial charge in [0.25, 0.3) is 0 Å². The Morgan fingerprint density at radius 2 is 1.82 bits per heavy atom. The van der Waals surface area contributed by atoms with Crippen LogP contribution in [0, 0.1) is 0 Å². The summed E-state index contributed by atoms with van der Waals surface area (Å²) in [6.45, 7) is 0.582. The Kier molecular flexibility index (Phi) is 5.19. The van der Waals surface area contributed by atoms with Gasteiger partial charge < -0.3 is 5.32 Å². The molecule has 0 saturated heterocycles. The summed E-state index contributed by atoms with van der Waals surface area (Å²) in [5.41, 5.74) is 3.01. The number of benzene rings is 2. The van der Waals surface area contributed by atoms with E-state index >= 15 is 0 Å². The van der Waals surface area contributed by atoms with Crippen molar-refractivity contribution in [3.8, 4) is 17.1 Å². The second-order valence-corrected chi connectivity index (χ2v) is 6.23. The Bertz CT molecular complexity index is 1020. The van der Waals surface area contributed by atoms with Crippen LogP contribution in [-0.2, 0) is 17.8 Å². The van der Waals surface area contributed by atoms with E-state index in [0.717, 1.165) is 23.2 Å². The quantitative estimate of drug-likeness (QED) is 0.534. The van der Waals surface area contributed by atoms with Crippen LogP contribution in [0.25, 0.3) is 17.1 Å². The molecule has 8 nitrogen and oxygen atoms in total. The third-order valence-electron chi connectivity index (χ3n) is 4.21. The maximum Gasteiger partial charge on any atom is 0.243 e. The minimum atomic E-state index is -0.148. The molecule has 2 heterocycles. The maximum atomic E-state index is 12.1. The molecule has 4 rings (SSSR count). The van der Waals surface area contributed by atoms with Gasteiger partial charge in [-0.1, -0.05) is 42.5 Å². The summed E-state index contributed by atoms with van der Waals surface area (Å²) in [7, 11) is 0. The molecule has 0 aliphatic rings. The average molecular weight is 373 g/mol. The van der Waals surface area contributed by atoms with Gasteiger partial charge in [-0.3, -0.25) is 4.79 Å². The lowest BCUT2D eigenvalue weighted by Crippen LogP contribution is -2.30. The van der Waals surface area contributed by atoms with Gasteiger partial charge >= 0.3 is 0 Å². The molecule has 2 aromatic carbocycles. The van der Waals surface area contributed by atoms with Crippen LogP contribution in [0.1, 0.15) is 5.56 Å². The van der Waals surface area contributed by atoms with Crippen LogP contribution in [0.5, 0.6) is 0 Å². The van der Waals surface area contributed by atoms with Crippen LogP contribution in [0.3, 0.4) is 0 Å². The molecule has 0 bridgehead atoms. The normalized spacial score (nSPS) is 10.7. The van der Waals surface area contributed by atoms with Crippen molar-refractivity contribution in [3.63, 3.8) is 0 Å². The summed E-state index contributed by atoms with van der Waals surface area (Å²) >= 11 is 0. The number of rotatable bonds is 7. The molecule has 0 unspecified atom stereocenters. The summed E-state index contributed by atoms with van der Waals surface area (Å²) in [6.07, 6.45) is 4.39. The number of nitrogens with one attached hydrogen (secondary N) is 1. The van der Waals surface area contributed by atoms with Crippen molar-refractivity contribution in [2.24, 2.45) is 0 Å². The van der Waals surface area contributed by atoms with Crippen LogP contribution < -0.4 is 5.32 Å². The molecule has 0 aliphatic heterocycles. The molecule has 28 heavy (non-hydrogen) atoms. The second kappa shape index (κ2) is 8.26. The number of amides is 1. The number of nitrogens with zero attached hydrogens (tertiary/aromatic N) is 6. The van der Waals surface area contributed by atoms with Crippen LogP contribution >= 0.6 is 0 Å². The molecule has 0 radical (unpaired) electrons. The predicted molar refractivity (Wildman–Crippen MR) is 104 cm³/mol. The molecular weight excluding hydrogens is 354 g/mol. The number of tetrazole rings is 1. The first-order chi connectivity index (χ1) is 13.8. The van der Waals surface area contributed by atoms with E-state index in [9.17, 15) is 4.79 Å². The largest absolute Gasteiger partial charge is 0.354 e. The lowest BCUT2D eigenvalue weighted by molar-refractivity contribution is -0.122. The molecular formula is C20H19N7O. The summed E-state index contributed by atoms with van der Waals surface area (Å²) in [5.74, 6) is 0.357. The fourth-order valence-corrected chi connectivity index (χ4v) is 2.78.